The highest BCUT2D eigenvalue weighted by atomic mass is 35.5. The zero-order chi connectivity index (χ0) is 90.8. The first-order valence-corrected chi connectivity index (χ1v) is 41.5. The lowest BCUT2D eigenvalue weighted by atomic mass is 9.86. The van der Waals surface area contributed by atoms with Gasteiger partial charge in [-0.2, -0.15) is 41.4 Å². The van der Waals surface area contributed by atoms with Crippen molar-refractivity contribution < 1.29 is 57.1 Å². The van der Waals surface area contributed by atoms with Gasteiger partial charge >= 0.3 is 23.9 Å². The summed E-state index contributed by atoms with van der Waals surface area (Å²) in [5.74, 6) is -0.986. The molecule has 0 N–H and O–H groups in total. The van der Waals surface area contributed by atoms with Crippen LogP contribution in [0.15, 0.2) is 97.1 Å². The molecule has 121 heavy (non-hydrogen) atoms. The number of carbonyl (C=O) groups is 4. The summed E-state index contributed by atoms with van der Waals surface area (Å²) in [6, 6.07) is 39.9. The number of hydrogen-bond donors (Lipinski definition) is 0. The van der Waals surface area contributed by atoms with E-state index in [0.717, 1.165) is 22.3 Å². The number of hydrogen-bond acceptors (Lipinski definition) is 20. The van der Waals surface area contributed by atoms with E-state index in [1.165, 1.54) is 6.92 Å². The molecular weight excluding hydrogens is 1620 g/mol. The van der Waals surface area contributed by atoms with Crippen LogP contribution < -0.4 is 0 Å². The fourth-order valence-corrected chi connectivity index (χ4v) is 12.6. The van der Waals surface area contributed by atoms with Crippen LogP contribution in [0.25, 0.3) is 45.3 Å². The Morgan fingerprint density at radius 3 is 0.777 bits per heavy atom. The van der Waals surface area contributed by atoms with Gasteiger partial charge in [-0.3, -0.25) is 37.9 Å². The zero-order valence-electron chi connectivity index (χ0n) is 74.4. The molecule has 8 rings (SSSR count). The Labute approximate surface area is 733 Å². The molecular formula is C93H114Cl4N12O12. The number of aryl methyl sites for hydroxylation is 8. The molecule has 0 unspecified atom stereocenters. The molecule has 0 fully saturated rings. The molecule has 0 aliphatic heterocycles. The number of benzene rings is 4. The van der Waals surface area contributed by atoms with E-state index in [9.17, 15) is 40.2 Å². The summed E-state index contributed by atoms with van der Waals surface area (Å²) >= 11 is 26.1. The van der Waals surface area contributed by atoms with Gasteiger partial charge in [-0.25, -0.2) is 0 Å². The second kappa shape index (κ2) is 45.5. The number of aromatic nitrogens is 8. The molecule has 24 nitrogen and oxygen atoms in total. The van der Waals surface area contributed by atoms with Crippen molar-refractivity contribution >= 4 is 116 Å². The van der Waals surface area contributed by atoms with Gasteiger partial charge in [-0.1, -0.05) is 254 Å². The van der Waals surface area contributed by atoms with Crippen molar-refractivity contribution in [2.75, 3.05) is 27.2 Å². The van der Waals surface area contributed by atoms with E-state index in [2.05, 4.69) is 128 Å². The highest BCUT2D eigenvalue weighted by Gasteiger charge is 2.30. The Hall–Kier alpha value is -11.1. The van der Waals surface area contributed by atoms with Gasteiger partial charge in [0.05, 0.1) is 48.8 Å². The monoisotopic (exact) mass is 1730 g/mol. The van der Waals surface area contributed by atoms with E-state index in [1.807, 2.05) is 132 Å². The van der Waals surface area contributed by atoms with E-state index < -0.39 is 17.9 Å². The number of nitriles is 4. The summed E-state index contributed by atoms with van der Waals surface area (Å²) in [6.45, 7) is 49.6. The Balaban J connectivity index is 0.000000287. The summed E-state index contributed by atoms with van der Waals surface area (Å²) in [6.07, 6.45) is 1.21. The normalized spacial score (nSPS) is 12.2. The fourth-order valence-electron chi connectivity index (χ4n) is 11.8. The van der Waals surface area contributed by atoms with Crippen molar-refractivity contribution in [1.29, 1.82) is 21.0 Å². The molecule has 4 heterocycles. The van der Waals surface area contributed by atoms with Gasteiger partial charge in [0.1, 0.15) is 69.3 Å². The number of esters is 4. The maximum absolute atomic E-state index is 11.9. The van der Waals surface area contributed by atoms with Crippen molar-refractivity contribution in [3.63, 3.8) is 0 Å². The summed E-state index contributed by atoms with van der Waals surface area (Å²) in [4.78, 5) is 46.3. The first-order valence-electron chi connectivity index (χ1n) is 39.9. The van der Waals surface area contributed by atoms with Gasteiger partial charge < -0.3 is 37.9 Å². The first kappa shape index (κ1) is 100. The second-order valence-corrected chi connectivity index (χ2v) is 33.8. The lowest BCUT2D eigenvalue weighted by molar-refractivity contribution is -0.155. The smallest absolute Gasteiger partial charge is 0.311 e. The molecule has 646 valence electrons. The molecule has 8 aromatic rings. The maximum Gasteiger partial charge on any atom is 0.311 e. The second-order valence-electron chi connectivity index (χ2n) is 32.3. The number of carbonyl (C=O) groups excluding carboxylic acids is 4. The number of halogens is 4. The van der Waals surface area contributed by atoms with E-state index in [1.54, 1.807) is 67.2 Å². The van der Waals surface area contributed by atoms with Crippen LogP contribution in [0.3, 0.4) is 0 Å². The molecule has 0 aliphatic carbocycles. The zero-order valence-corrected chi connectivity index (χ0v) is 77.4. The molecule has 0 radical (unpaired) electrons. The quantitative estimate of drug-likeness (QED) is 0.0145. The molecule has 28 heteroatoms. The lowest BCUT2D eigenvalue weighted by Gasteiger charge is -2.19. The average molecular weight is 1730 g/mol. The number of allylic oxidation sites excluding steroid dienone is 4. The summed E-state index contributed by atoms with van der Waals surface area (Å²) in [7, 11) is 0. The predicted octanol–water partition coefficient (Wildman–Crippen LogP) is 22.2. The minimum atomic E-state index is -0.483. The highest BCUT2D eigenvalue weighted by molar-refractivity contribution is 6.34. The SMILES string of the molecule is CCC(=O)OCO/C(=C(/C#N)c1ccc(C(C)(C)C)cc1)c1c(Cl)c(C)nn1CC.CCCC(=O)OCO/C(=C(/C#N)c1ccc(C(C)(C)C)cc1)c1c(Cl)c(C)nn1CC.CCn1nc(C)c(Cl)c1/C(OCOC(=O)C(C)C)=C(\C#N)c1ccc(C(C)(C)C)cc1.CCn1nc(C)c(Cl)c1/C(OCOC(C)=O)=C(\C#N)c1ccc(C(C)(C)C)cc1. The van der Waals surface area contributed by atoms with Crippen LogP contribution in [0.2, 0.25) is 20.1 Å². The summed E-state index contributed by atoms with van der Waals surface area (Å²) < 4.78 is 50.4. The van der Waals surface area contributed by atoms with Crippen LogP contribution in [-0.2, 0) is 105 Å². The average Bonchev–Trinajstić information content (AvgIpc) is 1.69. The Morgan fingerprint density at radius 2 is 0.587 bits per heavy atom. The van der Waals surface area contributed by atoms with Crippen LogP contribution in [0.1, 0.15) is 255 Å². The third-order valence-corrected chi connectivity index (χ3v) is 20.5. The molecule has 0 spiro atoms. The van der Waals surface area contributed by atoms with Gasteiger partial charge in [-0.05, 0) is 128 Å². The predicted molar refractivity (Wildman–Crippen MR) is 475 cm³/mol. The molecule has 4 aromatic heterocycles. The van der Waals surface area contributed by atoms with Crippen molar-refractivity contribution in [2.45, 2.75) is 240 Å². The van der Waals surface area contributed by atoms with Crippen molar-refractivity contribution in [3.05, 3.63) is 207 Å². The number of ether oxygens (including phenoxy) is 8. The highest BCUT2D eigenvalue weighted by Crippen LogP contribution is 2.40. The van der Waals surface area contributed by atoms with E-state index in [4.69, 9.17) is 84.3 Å². The molecule has 0 aliphatic rings. The van der Waals surface area contributed by atoms with Gasteiger partial charge in [0, 0.05) is 45.9 Å². The maximum atomic E-state index is 11.9. The van der Waals surface area contributed by atoms with Gasteiger partial charge in [0.15, 0.2) is 23.0 Å². The van der Waals surface area contributed by atoms with Crippen molar-refractivity contribution in [3.8, 4) is 24.3 Å². The van der Waals surface area contributed by atoms with Crippen molar-refractivity contribution in [1.82, 2.24) is 39.1 Å². The van der Waals surface area contributed by atoms with Crippen LogP contribution in [0.5, 0.6) is 0 Å². The van der Waals surface area contributed by atoms with E-state index in [0.29, 0.717) is 138 Å². The molecule has 0 amide bonds. The van der Waals surface area contributed by atoms with Gasteiger partial charge in [0.25, 0.3) is 0 Å². The van der Waals surface area contributed by atoms with Gasteiger partial charge in [-0.15, -0.1) is 0 Å². The molecule has 4 aromatic carbocycles. The summed E-state index contributed by atoms with van der Waals surface area (Å²) in [5.41, 5.74) is 12.9. The summed E-state index contributed by atoms with van der Waals surface area (Å²) in [5, 5.41) is 59.3. The largest absolute Gasteiger partial charge is 0.454 e. The number of rotatable bonds is 28. The van der Waals surface area contributed by atoms with Crippen LogP contribution in [-0.4, -0.2) is 90.2 Å². The van der Waals surface area contributed by atoms with E-state index in [-0.39, 0.29) is 101 Å². The molecule has 0 atom stereocenters. The van der Waals surface area contributed by atoms with E-state index >= 15 is 0 Å². The fraction of sp³-hybridized carbons (Fsp3) is 0.441. The van der Waals surface area contributed by atoms with Crippen LogP contribution >= 0.6 is 46.4 Å². The standard InChI is InChI=1S/2C24H30ClN3O3.C23H28ClN3O3.C22H26ClN3O3/c1-8-28-21(20(25)16(4)27-28)22(30-14-31-23(29)15(2)3)19(13-26)17-9-11-18(12-10-17)24(5,6)7;1-7-9-20(29)30-15-31-23(22-21(25)16(3)27-28(22)8-2)19(14-26)17-10-12-18(13-11-17)24(4,5)6;1-7-19(28)29-14-30-22(21-20(24)15(3)26-27(21)8-2)18(13-25)16-9-11-17(12-10-16)23(4,5)6;1-7-26-20(19(23)14(2)25-26)21(29-13-28-15(3)27)18(12-24)16-8-10-17(11-9-16)22(4,5)6/h9-12,15H,8,14H2,1-7H3;10-13H,7-9,15H2,1-6H3;9-12H,7-8,14H2,1-6H3;8-11H,7,13H2,1-6H3/b22-19-;23-19-;22-18-;21-18-. The number of nitrogens with zero attached hydrogens (tertiary/aromatic N) is 12. The topological polar surface area (TPSA) is 309 Å². The van der Waals surface area contributed by atoms with Gasteiger partial charge in [0.2, 0.25) is 27.2 Å². The molecule has 0 bridgehead atoms. The Bertz CT molecular complexity index is 5240. The third-order valence-electron chi connectivity index (χ3n) is 18.7. The molecule has 0 saturated carbocycles. The minimum absolute atomic E-state index is 0.00897. The molecule has 0 saturated heterocycles. The Kier molecular flexibility index (Phi) is 37.8. The van der Waals surface area contributed by atoms with Crippen molar-refractivity contribution in [2.24, 2.45) is 5.92 Å². The lowest BCUT2D eigenvalue weighted by Crippen LogP contribution is -2.15. The minimum Gasteiger partial charge on any atom is -0.454 e. The van der Waals surface area contributed by atoms with Crippen LogP contribution in [0.4, 0.5) is 0 Å². The Morgan fingerprint density at radius 1 is 0.364 bits per heavy atom. The third kappa shape index (κ3) is 27.2. The first-order chi connectivity index (χ1) is 56.9. The van der Waals surface area contributed by atoms with Crippen LogP contribution in [0, 0.1) is 78.9 Å².